The Balaban J connectivity index is 0.000000360. The maximum atomic E-state index is 3.78. The van der Waals surface area contributed by atoms with Crippen molar-refractivity contribution in [2.75, 3.05) is 0 Å². The second-order valence-corrected chi connectivity index (χ2v) is 1.02. The standard InChI is InChI=1S/C5H5N.H3N/c1-2-4-6-5-3-1;/h1-5H;1H3/i;1-10. The van der Waals surface area contributed by atoms with E-state index in [1.165, 1.54) is 0 Å². The molecule has 1 rings (SSSR count). The third-order valence-corrected chi connectivity index (χ3v) is 0.566. The molecule has 0 aliphatic heterocycles. The minimum atomic E-state index is 0. The van der Waals surface area contributed by atoms with E-state index in [2.05, 4.69) is 4.98 Å². The highest BCUT2D eigenvalue weighted by Gasteiger charge is 1.58. The largest absolute Gasteiger partial charge is 0.344 e. The summed E-state index contributed by atoms with van der Waals surface area (Å²) < 4.78 is 0. The molecule has 0 aliphatic carbocycles. The fourth-order valence-electron chi connectivity index (χ4n) is 0.313. The van der Waals surface area contributed by atoms with Crippen molar-refractivity contribution in [1.29, 1.82) is 0 Å². The zero-order chi connectivity index (χ0) is 4.24. The fraction of sp³-hybridized carbons (Fsp3) is 0. The lowest BCUT2D eigenvalue weighted by Crippen LogP contribution is -1.58. The number of pyridine rings is 1. The van der Waals surface area contributed by atoms with Gasteiger partial charge in [0.05, 0.1) is 0 Å². The number of nitrogens with zero attached hydrogens (tertiary/aromatic N) is 1. The quantitative estimate of drug-likeness (QED) is 0.516. The molecule has 2 heteroatoms. The molecule has 0 aromatic carbocycles. The van der Waals surface area contributed by atoms with Crippen LogP contribution in [0.2, 0.25) is 0 Å². The molecule has 0 fully saturated rings. The lowest BCUT2D eigenvalue weighted by Gasteiger charge is -1.70. The lowest BCUT2D eigenvalue weighted by atomic mass is 4.00. The first kappa shape index (κ1) is 6.11. The second kappa shape index (κ2) is 3.31. The van der Waals surface area contributed by atoms with Crippen LogP contribution in [0.4, 0.5) is 0 Å². The van der Waals surface area contributed by atoms with E-state index >= 15 is 0 Å². The highest BCUT2D eigenvalue weighted by molar-refractivity contribution is 4.88. The van der Waals surface area contributed by atoms with Gasteiger partial charge < -0.3 is 6.15 Å². The summed E-state index contributed by atoms with van der Waals surface area (Å²) in [5.41, 5.74) is 0. The minimum absolute atomic E-state index is 0. The Morgan fingerprint density at radius 3 is 1.57 bits per heavy atom. The Morgan fingerprint density at radius 2 is 1.43 bits per heavy atom. The molecular weight excluding hydrogens is 78.1 g/mol. The van der Waals surface area contributed by atoms with Gasteiger partial charge in [-0.1, -0.05) is 6.07 Å². The smallest absolute Gasteiger partial charge is 0.0267 e. The fourth-order valence-corrected chi connectivity index (χ4v) is 0.313. The van der Waals surface area contributed by atoms with Crippen molar-refractivity contribution in [2.24, 2.45) is 0 Å². The molecule has 0 spiro atoms. The number of rotatable bonds is 0. The van der Waals surface area contributed by atoms with Crippen LogP contribution in [0.25, 0.3) is 0 Å². The molecule has 38 valence electrons. The van der Waals surface area contributed by atoms with E-state index in [1.807, 2.05) is 18.2 Å². The summed E-state index contributed by atoms with van der Waals surface area (Å²) in [6.07, 6.45) is 3.50. The molecule has 0 amide bonds. The van der Waals surface area contributed by atoms with E-state index in [0.29, 0.717) is 0 Å². The first-order chi connectivity index (χ1) is 3.00. The number of hydrogen-bond acceptors (Lipinski definition) is 2. The van der Waals surface area contributed by atoms with Crippen LogP contribution in [0.15, 0.2) is 30.6 Å². The summed E-state index contributed by atoms with van der Waals surface area (Å²) in [6, 6.07) is 5.72. The molecule has 1 aromatic rings. The molecule has 0 aliphatic rings. The maximum Gasteiger partial charge on any atom is 0.0267 e. The molecule has 1 heterocycles. The first-order valence-corrected chi connectivity index (χ1v) is 1.85. The molecule has 0 saturated heterocycles. The Kier molecular flexibility index (Phi) is 2.89. The van der Waals surface area contributed by atoms with Crippen LogP contribution in [0.3, 0.4) is 0 Å². The van der Waals surface area contributed by atoms with Gasteiger partial charge >= 0.3 is 0 Å². The summed E-state index contributed by atoms with van der Waals surface area (Å²) in [6.45, 7) is 0. The van der Waals surface area contributed by atoms with Gasteiger partial charge in [0.15, 0.2) is 0 Å². The van der Waals surface area contributed by atoms with E-state index in [4.69, 9.17) is 0 Å². The van der Waals surface area contributed by atoms with Gasteiger partial charge in [0.1, 0.15) is 0 Å². The van der Waals surface area contributed by atoms with Gasteiger partial charge in [-0.15, -0.1) is 0 Å². The Hall–Kier alpha value is -0.890. The SMILES string of the molecule is [4NH3].c1ccncc1. The topological polar surface area (TPSA) is 47.9 Å². The van der Waals surface area contributed by atoms with Crippen molar-refractivity contribution < 1.29 is 0 Å². The molecule has 1 aromatic heterocycles. The predicted molar refractivity (Wildman–Crippen MR) is 29.3 cm³/mol. The van der Waals surface area contributed by atoms with Gasteiger partial charge in [0.25, 0.3) is 0 Å². The molecule has 3 N–H and O–H groups in total. The summed E-state index contributed by atoms with van der Waals surface area (Å²) >= 11 is 0. The van der Waals surface area contributed by atoms with Gasteiger partial charge in [-0.05, 0) is 12.1 Å². The van der Waals surface area contributed by atoms with Crippen LogP contribution in [-0.4, -0.2) is 4.98 Å². The van der Waals surface area contributed by atoms with Crippen LogP contribution in [0.5, 0.6) is 0 Å². The van der Waals surface area contributed by atoms with E-state index in [0.717, 1.165) is 0 Å². The third kappa shape index (κ3) is 1.89. The summed E-state index contributed by atoms with van der Waals surface area (Å²) in [4.78, 5) is 3.78. The molecule has 2 nitrogen and oxygen atoms in total. The molecule has 0 radical (unpaired) electrons. The zero-order valence-corrected chi connectivity index (χ0v) is 4.04. The molecule has 0 unspecified atom stereocenters. The predicted octanol–water partition coefficient (Wildman–Crippen LogP) is 1.24. The third-order valence-electron chi connectivity index (χ3n) is 0.566. The lowest BCUT2D eigenvalue weighted by molar-refractivity contribution is 1.33. The van der Waals surface area contributed by atoms with E-state index in [9.17, 15) is 0 Å². The molecular formula is C5H8N2. The molecule has 0 saturated carbocycles. The Bertz CT molecular complexity index is 78.0. The molecule has 7 heavy (non-hydrogen) atoms. The minimum Gasteiger partial charge on any atom is -0.344 e. The van der Waals surface area contributed by atoms with E-state index in [1.54, 1.807) is 12.4 Å². The van der Waals surface area contributed by atoms with Crippen molar-refractivity contribution in [3.63, 3.8) is 0 Å². The number of aromatic nitrogens is 1. The maximum absolute atomic E-state index is 3.78. The van der Waals surface area contributed by atoms with Gasteiger partial charge in [0, 0.05) is 12.4 Å². The first-order valence-electron chi connectivity index (χ1n) is 1.85. The van der Waals surface area contributed by atoms with Crippen LogP contribution in [-0.2, 0) is 0 Å². The normalized spacial score (nSPS) is 6.86. The van der Waals surface area contributed by atoms with Crippen molar-refractivity contribution in [1.82, 2.24) is 11.1 Å². The molecule has 0 bridgehead atoms. The second-order valence-electron chi connectivity index (χ2n) is 1.02. The van der Waals surface area contributed by atoms with Crippen molar-refractivity contribution >= 4 is 0 Å². The van der Waals surface area contributed by atoms with Gasteiger partial charge in [-0.25, -0.2) is 0 Å². The highest BCUT2D eigenvalue weighted by Crippen LogP contribution is 1.73. The number of hydrogen-bond donors (Lipinski definition) is 1. The molecule has 0 atom stereocenters. The Morgan fingerprint density at radius 1 is 0.857 bits per heavy atom. The monoisotopic (exact) mass is 86.1 g/mol. The van der Waals surface area contributed by atoms with Crippen molar-refractivity contribution in [2.45, 2.75) is 0 Å². The summed E-state index contributed by atoms with van der Waals surface area (Å²) in [5, 5.41) is 0. The van der Waals surface area contributed by atoms with Crippen molar-refractivity contribution in [3.05, 3.63) is 30.6 Å². The average molecular weight is 86.1 g/mol. The summed E-state index contributed by atoms with van der Waals surface area (Å²) in [7, 11) is 0. The van der Waals surface area contributed by atoms with Crippen LogP contribution < -0.4 is 6.15 Å². The van der Waals surface area contributed by atoms with Crippen LogP contribution >= 0.6 is 0 Å². The highest BCUT2D eigenvalue weighted by atomic mass is 14.6. The zero-order valence-electron chi connectivity index (χ0n) is 4.04. The Labute approximate surface area is 42.8 Å². The average Bonchev–Trinajstić information content (AvgIpc) is 1.72. The van der Waals surface area contributed by atoms with Gasteiger partial charge in [-0.2, -0.15) is 0 Å². The summed E-state index contributed by atoms with van der Waals surface area (Å²) in [5.74, 6) is 0. The van der Waals surface area contributed by atoms with E-state index < -0.39 is 0 Å². The van der Waals surface area contributed by atoms with Crippen LogP contribution in [0, 0.1) is 0 Å². The van der Waals surface area contributed by atoms with Crippen LogP contribution in [0.1, 0.15) is 0 Å². The van der Waals surface area contributed by atoms with E-state index in [-0.39, 0.29) is 6.15 Å². The van der Waals surface area contributed by atoms with Crippen molar-refractivity contribution in [3.8, 4) is 0 Å². The van der Waals surface area contributed by atoms with Gasteiger partial charge in [0.2, 0.25) is 0 Å². The van der Waals surface area contributed by atoms with Gasteiger partial charge in [-0.3, -0.25) is 4.98 Å².